The molecular weight excluding hydrogens is 220 g/mol. The molecule has 0 spiro atoms. The lowest BCUT2D eigenvalue weighted by atomic mass is 10.3. The number of hydrazone groups is 1. The van der Waals surface area contributed by atoms with Crippen molar-refractivity contribution in [1.82, 2.24) is 0 Å². The zero-order chi connectivity index (χ0) is 10.8. The topological polar surface area (TPSA) is 24.8 Å². The molecule has 0 fully saturated rings. The Kier molecular flexibility index (Phi) is 2.34. The lowest BCUT2D eigenvalue weighted by molar-refractivity contribution is 0.339. The third kappa shape index (κ3) is 1.67. The molecule has 3 nitrogen and oxygen atoms in total. The van der Waals surface area contributed by atoms with E-state index in [-0.39, 0.29) is 0 Å². The van der Waals surface area contributed by atoms with Crippen molar-refractivity contribution in [3.05, 3.63) is 52.7 Å². The summed E-state index contributed by atoms with van der Waals surface area (Å²) >= 11 is 1.63. The van der Waals surface area contributed by atoms with Crippen molar-refractivity contribution in [3.8, 4) is 0 Å². The zero-order valence-corrected chi connectivity index (χ0v) is 9.35. The van der Waals surface area contributed by atoms with E-state index in [0.29, 0.717) is 12.6 Å². The normalized spacial score (nSPS) is 14.8. The fourth-order valence-electron chi connectivity index (χ4n) is 1.54. The number of hydrogen-bond acceptors (Lipinski definition) is 4. The van der Waals surface area contributed by atoms with Gasteiger partial charge in [-0.05, 0) is 23.6 Å². The van der Waals surface area contributed by atoms with Crippen molar-refractivity contribution >= 4 is 22.9 Å². The van der Waals surface area contributed by atoms with Crippen LogP contribution in [0.4, 0.5) is 5.69 Å². The number of hydrogen-bond donors (Lipinski definition) is 0. The molecule has 80 valence electrons. The predicted molar refractivity (Wildman–Crippen MR) is 65.7 cm³/mol. The predicted octanol–water partition coefficient (Wildman–Crippen LogP) is 2.90. The highest BCUT2D eigenvalue weighted by Crippen LogP contribution is 2.21. The van der Waals surface area contributed by atoms with E-state index >= 15 is 0 Å². The molecule has 0 N–H and O–H groups in total. The van der Waals surface area contributed by atoms with E-state index in [9.17, 15) is 0 Å². The van der Waals surface area contributed by atoms with E-state index in [4.69, 9.17) is 4.74 Å². The minimum absolute atomic E-state index is 0.483. The summed E-state index contributed by atoms with van der Waals surface area (Å²) in [6, 6.07) is 14.0. The van der Waals surface area contributed by atoms with Gasteiger partial charge in [-0.3, -0.25) is 0 Å². The molecule has 0 amide bonds. The van der Waals surface area contributed by atoms with Crippen molar-refractivity contribution < 1.29 is 4.74 Å². The highest BCUT2D eigenvalue weighted by atomic mass is 32.1. The maximum atomic E-state index is 5.55. The van der Waals surface area contributed by atoms with Crippen LogP contribution in [0.25, 0.3) is 0 Å². The Balaban J connectivity index is 1.87. The second-order valence-electron chi connectivity index (χ2n) is 3.39. The number of para-hydroxylation sites is 1. The van der Waals surface area contributed by atoms with Gasteiger partial charge in [0, 0.05) is 0 Å². The highest BCUT2D eigenvalue weighted by molar-refractivity contribution is 7.12. The molecular formula is C12H10N2OS. The molecule has 1 aromatic heterocycles. The van der Waals surface area contributed by atoms with Crippen LogP contribution in [0.3, 0.4) is 0 Å². The number of anilines is 1. The van der Waals surface area contributed by atoms with Crippen LogP contribution in [0, 0.1) is 0 Å². The first-order chi connectivity index (χ1) is 7.93. The van der Waals surface area contributed by atoms with E-state index < -0.39 is 0 Å². The molecule has 0 aliphatic carbocycles. The van der Waals surface area contributed by atoms with Gasteiger partial charge in [0.05, 0.1) is 10.6 Å². The fraction of sp³-hybridized carbons (Fsp3) is 0.0833. The summed E-state index contributed by atoms with van der Waals surface area (Å²) in [6.45, 7) is 0.483. The average Bonchev–Trinajstić information content (AvgIpc) is 3.01. The molecule has 2 aromatic rings. The van der Waals surface area contributed by atoms with Crippen LogP contribution >= 0.6 is 11.3 Å². The summed E-state index contributed by atoms with van der Waals surface area (Å²) in [4.78, 5) is 1.07. The van der Waals surface area contributed by atoms with Gasteiger partial charge in [0.15, 0.2) is 6.73 Å². The van der Waals surface area contributed by atoms with Crippen LogP contribution in [-0.4, -0.2) is 12.6 Å². The minimum atomic E-state index is 0.483. The summed E-state index contributed by atoms with van der Waals surface area (Å²) in [5, 5.41) is 8.32. The molecule has 16 heavy (non-hydrogen) atoms. The fourth-order valence-corrected chi connectivity index (χ4v) is 2.20. The van der Waals surface area contributed by atoms with Crippen LogP contribution in [0.2, 0.25) is 0 Å². The van der Waals surface area contributed by atoms with E-state index in [1.54, 1.807) is 11.3 Å². The number of rotatable bonds is 2. The molecule has 0 radical (unpaired) electrons. The summed E-state index contributed by atoms with van der Waals surface area (Å²) < 4.78 is 5.55. The zero-order valence-electron chi connectivity index (χ0n) is 8.54. The lowest BCUT2D eigenvalue weighted by Gasteiger charge is -2.09. The molecule has 0 bridgehead atoms. The Bertz CT molecular complexity index is 493. The van der Waals surface area contributed by atoms with Crippen LogP contribution in [-0.2, 0) is 4.74 Å². The largest absolute Gasteiger partial charge is 0.452 e. The van der Waals surface area contributed by atoms with Crippen LogP contribution in [0.5, 0.6) is 0 Å². The van der Waals surface area contributed by atoms with Crippen molar-refractivity contribution in [1.29, 1.82) is 0 Å². The molecule has 2 heterocycles. The van der Waals surface area contributed by atoms with E-state index in [1.165, 1.54) is 0 Å². The Labute approximate surface area is 97.6 Å². The van der Waals surface area contributed by atoms with Crippen molar-refractivity contribution in [2.24, 2.45) is 5.10 Å². The second-order valence-corrected chi connectivity index (χ2v) is 4.34. The first kappa shape index (κ1) is 9.42. The molecule has 0 unspecified atom stereocenters. The number of ether oxygens (including phenoxy) is 1. The van der Waals surface area contributed by atoms with Gasteiger partial charge in [-0.2, -0.15) is 0 Å². The average molecular weight is 230 g/mol. The maximum Gasteiger partial charge on any atom is 0.250 e. The summed E-state index contributed by atoms with van der Waals surface area (Å²) in [7, 11) is 0. The second kappa shape index (κ2) is 3.98. The first-order valence-corrected chi connectivity index (χ1v) is 5.89. The van der Waals surface area contributed by atoms with Crippen molar-refractivity contribution in [3.63, 3.8) is 0 Å². The maximum absolute atomic E-state index is 5.55. The molecule has 1 aliphatic rings. The summed E-state index contributed by atoms with van der Waals surface area (Å²) in [5.74, 6) is 0.707. The molecule has 0 saturated heterocycles. The third-order valence-corrected chi connectivity index (χ3v) is 3.18. The Morgan fingerprint density at radius 3 is 2.75 bits per heavy atom. The van der Waals surface area contributed by atoms with Gasteiger partial charge in [0.25, 0.3) is 5.90 Å². The quantitative estimate of drug-likeness (QED) is 0.792. The van der Waals surface area contributed by atoms with Crippen LogP contribution in [0.15, 0.2) is 52.9 Å². The Morgan fingerprint density at radius 2 is 2.00 bits per heavy atom. The third-order valence-electron chi connectivity index (χ3n) is 2.32. The van der Waals surface area contributed by atoms with E-state index in [1.807, 2.05) is 52.9 Å². The summed E-state index contributed by atoms with van der Waals surface area (Å²) in [5.41, 5.74) is 1.05. The summed E-state index contributed by atoms with van der Waals surface area (Å²) in [6.07, 6.45) is 0. The number of thiophene rings is 1. The molecule has 0 saturated carbocycles. The van der Waals surface area contributed by atoms with Gasteiger partial charge in [-0.15, -0.1) is 16.4 Å². The number of benzene rings is 1. The van der Waals surface area contributed by atoms with Crippen LogP contribution in [0.1, 0.15) is 4.88 Å². The monoisotopic (exact) mass is 230 g/mol. The van der Waals surface area contributed by atoms with Gasteiger partial charge in [0.2, 0.25) is 0 Å². The minimum Gasteiger partial charge on any atom is -0.452 e. The Morgan fingerprint density at radius 1 is 1.12 bits per heavy atom. The van der Waals surface area contributed by atoms with Crippen molar-refractivity contribution in [2.75, 3.05) is 11.7 Å². The molecule has 0 atom stereocenters. The van der Waals surface area contributed by atoms with Crippen molar-refractivity contribution in [2.45, 2.75) is 0 Å². The highest BCUT2D eigenvalue weighted by Gasteiger charge is 2.18. The van der Waals surface area contributed by atoms with Crippen LogP contribution < -0.4 is 5.01 Å². The number of nitrogens with zero attached hydrogens (tertiary/aromatic N) is 2. The van der Waals surface area contributed by atoms with Gasteiger partial charge >= 0.3 is 0 Å². The smallest absolute Gasteiger partial charge is 0.250 e. The molecule has 4 heteroatoms. The van der Waals surface area contributed by atoms with E-state index in [2.05, 4.69) is 5.10 Å². The van der Waals surface area contributed by atoms with Gasteiger partial charge < -0.3 is 4.74 Å². The molecule has 1 aliphatic heterocycles. The Hall–Kier alpha value is -1.81. The molecule has 1 aromatic carbocycles. The van der Waals surface area contributed by atoms with Gasteiger partial charge in [0.1, 0.15) is 0 Å². The van der Waals surface area contributed by atoms with Gasteiger partial charge in [-0.25, -0.2) is 5.01 Å². The van der Waals surface area contributed by atoms with E-state index in [0.717, 1.165) is 10.6 Å². The standard InChI is InChI=1S/C12H10N2OS/c1-2-5-10(6-3-1)14-9-15-12(13-14)11-7-4-8-16-11/h1-8H,9H2. The molecule has 3 rings (SSSR count). The SMILES string of the molecule is c1ccc(N2COC(c3cccs3)=N2)cc1. The first-order valence-electron chi connectivity index (χ1n) is 5.01. The lowest BCUT2D eigenvalue weighted by Crippen LogP contribution is -2.12. The van der Waals surface area contributed by atoms with Gasteiger partial charge in [-0.1, -0.05) is 24.3 Å².